The second kappa shape index (κ2) is 6.44. The molecule has 0 heterocycles. The van der Waals surface area contributed by atoms with E-state index in [1.54, 1.807) is 12.3 Å². The molecule has 0 aliphatic heterocycles. The Balaban J connectivity index is 2.53. The van der Waals surface area contributed by atoms with Crippen LogP contribution in [0.3, 0.4) is 0 Å². The standard InChI is InChI=1S/C13H13NO/c1-3-10-14-13(4-2)15-11-12-8-6-5-7-9-12/h2-3,5-10H,11H2,1H3/b10-3-,14-13?. The molecule has 2 heteroatoms. The molecule has 0 aliphatic carbocycles. The van der Waals surface area contributed by atoms with Crippen molar-refractivity contribution in [3.8, 4) is 12.3 Å². The monoisotopic (exact) mass is 199 g/mol. The maximum Gasteiger partial charge on any atom is 0.268 e. The molecule has 1 aromatic rings. The quantitative estimate of drug-likeness (QED) is 0.416. The summed E-state index contributed by atoms with van der Waals surface area (Å²) in [7, 11) is 0. The van der Waals surface area contributed by atoms with Gasteiger partial charge in [-0.15, -0.1) is 6.42 Å². The minimum atomic E-state index is 0.303. The summed E-state index contributed by atoms with van der Waals surface area (Å²) in [6.07, 6.45) is 8.64. The molecule has 0 radical (unpaired) electrons. The number of rotatable bonds is 3. The van der Waals surface area contributed by atoms with Crippen LogP contribution in [0.15, 0.2) is 47.6 Å². The minimum Gasteiger partial charge on any atom is -0.467 e. The zero-order valence-corrected chi connectivity index (χ0v) is 8.68. The Morgan fingerprint density at radius 2 is 2.20 bits per heavy atom. The molecular weight excluding hydrogens is 186 g/mol. The largest absolute Gasteiger partial charge is 0.467 e. The van der Waals surface area contributed by atoms with E-state index in [1.165, 1.54) is 0 Å². The number of ether oxygens (including phenoxy) is 1. The fraction of sp³-hybridized carbons (Fsp3) is 0.154. The zero-order chi connectivity index (χ0) is 10.9. The average molecular weight is 199 g/mol. The smallest absolute Gasteiger partial charge is 0.268 e. The predicted molar refractivity (Wildman–Crippen MR) is 62.3 cm³/mol. The van der Waals surface area contributed by atoms with Crippen LogP contribution in [-0.2, 0) is 11.3 Å². The number of hydrogen-bond donors (Lipinski definition) is 0. The first-order valence-electron chi connectivity index (χ1n) is 4.69. The number of terminal acetylenes is 1. The normalized spacial score (nSPS) is 11.3. The summed E-state index contributed by atoms with van der Waals surface area (Å²) in [6, 6.07) is 9.82. The first-order chi connectivity index (χ1) is 7.36. The van der Waals surface area contributed by atoms with Crippen LogP contribution >= 0.6 is 0 Å². The molecule has 76 valence electrons. The maximum absolute atomic E-state index is 5.34. The molecule has 0 fully saturated rings. The van der Waals surface area contributed by atoms with Crippen LogP contribution in [0.5, 0.6) is 0 Å². The molecule has 15 heavy (non-hydrogen) atoms. The highest BCUT2D eigenvalue weighted by molar-refractivity contribution is 5.93. The van der Waals surface area contributed by atoms with Crippen LogP contribution in [0.4, 0.5) is 0 Å². The molecule has 0 amide bonds. The first kappa shape index (κ1) is 11.1. The van der Waals surface area contributed by atoms with E-state index in [9.17, 15) is 0 Å². The van der Waals surface area contributed by atoms with E-state index >= 15 is 0 Å². The van der Waals surface area contributed by atoms with E-state index in [-0.39, 0.29) is 0 Å². The topological polar surface area (TPSA) is 21.6 Å². The molecular formula is C13H13NO. The molecule has 0 saturated heterocycles. The molecule has 0 saturated carbocycles. The van der Waals surface area contributed by atoms with Gasteiger partial charge in [0.05, 0.1) is 0 Å². The number of hydrogen-bond acceptors (Lipinski definition) is 2. The van der Waals surface area contributed by atoms with E-state index in [2.05, 4.69) is 10.9 Å². The van der Waals surface area contributed by atoms with Crippen molar-refractivity contribution in [2.24, 2.45) is 4.99 Å². The molecule has 0 spiro atoms. The van der Waals surface area contributed by atoms with Gasteiger partial charge < -0.3 is 4.74 Å². The van der Waals surface area contributed by atoms with Gasteiger partial charge in [0.2, 0.25) is 0 Å². The van der Waals surface area contributed by atoms with Crippen LogP contribution in [0.25, 0.3) is 0 Å². The Bertz CT molecular complexity index is 385. The van der Waals surface area contributed by atoms with Crippen molar-refractivity contribution < 1.29 is 4.74 Å². The van der Waals surface area contributed by atoms with Gasteiger partial charge in [0.25, 0.3) is 5.90 Å². The first-order valence-corrected chi connectivity index (χ1v) is 4.69. The van der Waals surface area contributed by atoms with Crippen molar-refractivity contribution >= 4 is 5.90 Å². The van der Waals surface area contributed by atoms with Crippen LogP contribution < -0.4 is 0 Å². The molecule has 0 bridgehead atoms. The Hall–Kier alpha value is -2.01. The third-order valence-corrected chi connectivity index (χ3v) is 1.68. The number of aliphatic imine (C=N–C) groups is 1. The van der Waals surface area contributed by atoms with E-state index in [1.807, 2.05) is 37.3 Å². The fourth-order valence-electron chi connectivity index (χ4n) is 0.984. The van der Waals surface area contributed by atoms with E-state index in [0.717, 1.165) is 5.56 Å². The van der Waals surface area contributed by atoms with Crippen molar-refractivity contribution in [3.05, 3.63) is 48.2 Å². The molecule has 1 rings (SSSR count). The van der Waals surface area contributed by atoms with Crippen LogP contribution in [0, 0.1) is 12.3 Å². The van der Waals surface area contributed by atoms with Crippen molar-refractivity contribution in [1.29, 1.82) is 0 Å². The number of nitrogens with zero attached hydrogens (tertiary/aromatic N) is 1. The third kappa shape index (κ3) is 4.15. The summed E-state index contributed by atoms with van der Waals surface area (Å²) < 4.78 is 5.34. The van der Waals surface area contributed by atoms with Gasteiger partial charge in [-0.05, 0) is 18.4 Å². The van der Waals surface area contributed by atoms with Gasteiger partial charge in [-0.25, -0.2) is 4.99 Å². The number of allylic oxidation sites excluding steroid dienone is 1. The third-order valence-electron chi connectivity index (χ3n) is 1.68. The van der Waals surface area contributed by atoms with Crippen molar-refractivity contribution in [1.82, 2.24) is 0 Å². The second-order valence-corrected chi connectivity index (χ2v) is 2.84. The number of benzene rings is 1. The highest BCUT2D eigenvalue weighted by Crippen LogP contribution is 2.00. The summed E-state index contributed by atoms with van der Waals surface area (Å²) >= 11 is 0. The summed E-state index contributed by atoms with van der Waals surface area (Å²) in [4.78, 5) is 3.95. The van der Waals surface area contributed by atoms with E-state index < -0.39 is 0 Å². The lowest BCUT2D eigenvalue weighted by atomic mass is 10.2. The van der Waals surface area contributed by atoms with Gasteiger partial charge in [0.1, 0.15) is 6.61 Å². The van der Waals surface area contributed by atoms with Crippen LogP contribution in [0.1, 0.15) is 12.5 Å². The van der Waals surface area contributed by atoms with Gasteiger partial charge in [-0.1, -0.05) is 36.4 Å². The summed E-state index contributed by atoms with van der Waals surface area (Å²) in [5.41, 5.74) is 1.07. The lowest BCUT2D eigenvalue weighted by molar-refractivity contribution is 0.297. The van der Waals surface area contributed by atoms with Gasteiger partial charge in [-0.2, -0.15) is 0 Å². The Morgan fingerprint density at radius 3 is 2.80 bits per heavy atom. The highest BCUT2D eigenvalue weighted by Gasteiger charge is 1.95. The molecule has 0 aliphatic rings. The second-order valence-electron chi connectivity index (χ2n) is 2.84. The fourth-order valence-corrected chi connectivity index (χ4v) is 0.984. The molecule has 0 unspecified atom stereocenters. The molecule has 2 nitrogen and oxygen atoms in total. The SMILES string of the molecule is C#CC(=N/C=C\C)OCc1ccccc1. The molecule has 0 atom stereocenters. The van der Waals surface area contributed by atoms with Gasteiger partial charge in [0, 0.05) is 6.20 Å². The van der Waals surface area contributed by atoms with Crippen LogP contribution in [0.2, 0.25) is 0 Å². The summed E-state index contributed by atoms with van der Waals surface area (Å²) in [5.74, 6) is 2.69. The predicted octanol–water partition coefficient (Wildman–Crippen LogP) is 2.77. The molecule has 0 N–H and O–H groups in total. The Labute approximate surface area is 90.3 Å². The Morgan fingerprint density at radius 1 is 1.47 bits per heavy atom. The lowest BCUT2D eigenvalue weighted by Crippen LogP contribution is -2.01. The highest BCUT2D eigenvalue weighted by atomic mass is 16.5. The van der Waals surface area contributed by atoms with E-state index in [0.29, 0.717) is 12.5 Å². The zero-order valence-electron chi connectivity index (χ0n) is 8.68. The average Bonchev–Trinajstić information content (AvgIpc) is 2.31. The maximum atomic E-state index is 5.34. The van der Waals surface area contributed by atoms with Crippen molar-refractivity contribution in [2.45, 2.75) is 13.5 Å². The van der Waals surface area contributed by atoms with Gasteiger partial charge in [0.15, 0.2) is 0 Å². The van der Waals surface area contributed by atoms with Crippen molar-refractivity contribution in [3.63, 3.8) is 0 Å². The van der Waals surface area contributed by atoms with Crippen LogP contribution in [-0.4, -0.2) is 5.90 Å². The van der Waals surface area contributed by atoms with Crippen molar-refractivity contribution in [2.75, 3.05) is 0 Å². The van der Waals surface area contributed by atoms with Gasteiger partial charge >= 0.3 is 0 Å². The van der Waals surface area contributed by atoms with E-state index in [4.69, 9.17) is 11.2 Å². The lowest BCUT2D eigenvalue weighted by Gasteiger charge is -2.02. The minimum absolute atomic E-state index is 0.303. The summed E-state index contributed by atoms with van der Waals surface area (Å²) in [6.45, 7) is 2.32. The Kier molecular flexibility index (Phi) is 4.75. The van der Waals surface area contributed by atoms with Gasteiger partial charge in [-0.3, -0.25) is 0 Å². The molecule has 1 aromatic carbocycles. The summed E-state index contributed by atoms with van der Waals surface area (Å²) in [5, 5.41) is 0. The molecule has 0 aromatic heterocycles.